The Morgan fingerprint density at radius 2 is 1.88 bits per heavy atom. The first-order valence-corrected chi connectivity index (χ1v) is 10.9. The van der Waals surface area contributed by atoms with Crippen LogP contribution in [-0.4, -0.2) is 39.6 Å². The lowest BCUT2D eigenvalue weighted by Crippen LogP contribution is -2.42. The summed E-state index contributed by atoms with van der Waals surface area (Å²) in [5.74, 6) is 0.0773. The number of rotatable bonds is 5. The lowest BCUT2D eigenvalue weighted by molar-refractivity contribution is 0.454. The number of benzene rings is 1. The lowest BCUT2D eigenvalue weighted by atomic mass is 10.2. The van der Waals surface area contributed by atoms with Gasteiger partial charge in [-0.05, 0) is 31.2 Å². The molecule has 0 unspecified atom stereocenters. The van der Waals surface area contributed by atoms with E-state index >= 15 is 0 Å². The van der Waals surface area contributed by atoms with Gasteiger partial charge in [0.2, 0.25) is 0 Å². The van der Waals surface area contributed by atoms with Crippen LogP contribution >= 0.6 is 0 Å². The van der Waals surface area contributed by atoms with Crippen LogP contribution in [-0.2, 0) is 26.2 Å². The molecule has 0 spiro atoms. The normalized spacial score (nSPS) is 23.4. The maximum Gasteiger partial charge on any atom is 0.183 e. The second-order valence-electron chi connectivity index (χ2n) is 6.04. The third-order valence-corrected chi connectivity index (χ3v) is 8.33. The summed E-state index contributed by atoms with van der Waals surface area (Å²) >= 11 is 0. The minimum atomic E-state index is -3.74. The second kappa shape index (κ2) is 6.34. The van der Waals surface area contributed by atoms with Gasteiger partial charge in [-0.3, -0.25) is 0 Å². The van der Waals surface area contributed by atoms with E-state index in [2.05, 4.69) is 5.32 Å². The van der Waals surface area contributed by atoms with Crippen LogP contribution < -0.4 is 5.32 Å². The molecule has 0 radical (unpaired) electrons. The molecule has 0 aliphatic carbocycles. The van der Waals surface area contributed by atoms with Crippen LogP contribution in [0.3, 0.4) is 0 Å². The fourth-order valence-electron chi connectivity index (χ4n) is 2.86. The van der Waals surface area contributed by atoms with Gasteiger partial charge in [0.25, 0.3) is 0 Å². The van der Waals surface area contributed by atoms with Gasteiger partial charge in [0.1, 0.15) is 5.76 Å². The van der Waals surface area contributed by atoms with E-state index in [0.717, 1.165) is 5.56 Å². The Balaban J connectivity index is 1.86. The summed E-state index contributed by atoms with van der Waals surface area (Å²) in [6.45, 7) is 2.15. The average molecular weight is 369 g/mol. The van der Waals surface area contributed by atoms with Crippen LogP contribution in [0.25, 0.3) is 0 Å². The molecule has 1 saturated heterocycles. The minimum absolute atomic E-state index is 0.153. The van der Waals surface area contributed by atoms with Crippen molar-refractivity contribution in [2.45, 2.75) is 29.7 Å². The molecule has 6 nitrogen and oxygen atoms in total. The zero-order valence-electron chi connectivity index (χ0n) is 13.2. The van der Waals surface area contributed by atoms with E-state index in [9.17, 15) is 16.8 Å². The van der Waals surface area contributed by atoms with E-state index in [-0.39, 0.29) is 22.9 Å². The van der Waals surface area contributed by atoms with Gasteiger partial charge in [-0.1, -0.05) is 17.7 Å². The standard InChI is InChI=1S/C16H19NO5S2/c1-12-4-6-14(7-5-12)24(20,21)16-11-23(18,19)10-15(16)17-9-13-3-2-8-22-13/h2-8,15-17H,9-11H2,1H3/t15-,16-/m0/s1. The summed E-state index contributed by atoms with van der Waals surface area (Å²) in [7, 11) is -7.15. The predicted molar refractivity (Wildman–Crippen MR) is 90.1 cm³/mol. The summed E-state index contributed by atoms with van der Waals surface area (Å²) in [5, 5.41) is 2.03. The Kier molecular flexibility index (Phi) is 4.54. The van der Waals surface area contributed by atoms with Crippen molar-refractivity contribution in [3.8, 4) is 0 Å². The third kappa shape index (κ3) is 3.55. The van der Waals surface area contributed by atoms with Crippen molar-refractivity contribution >= 4 is 19.7 Å². The quantitative estimate of drug-likeness (QED) is 0.854. The lowest BCUT2D eigenvalue weighted by Gasteiger charge is -2.19. The van der Waals surface area contributed by atoms with Crippen molar-refractivity contribution in [3.05, 3.63) is 54.0 Å². The molecule has 130 valence electrons. The molecule has 1 aromatic carbocycles. The molecule has 1 aliphatic heterocycles. The molecule has 2 heterocycles. The molecule has 2 aromatic rings. The average Bonchev–Trinajstić information content (AvgIpc) is 3.13. The third-order valence-electron chi connectivity index (χ3n) is 4.17. The number of hydrogen-bond acceptors (Lipinski definition) is 6. The molecule has 0 bridgehead atoms. The molecule has 1 N–H and O–H groups in total. The predicted octanol–water partition coefficient (Wildman–Crippen LogP) is 1.32. The first kappa shape index (κ1) is 17.2. The maximum absolute atomic E-state index is 12.9. The first-order chi connectivity index (χ1) is 11.3. The number of sulfone groups is 2. The van der Waals surface area contributed by atoms with Gasteiger partial charge in [-0.25, -0.2) is 16.8 Å². The fraction of sp³-hybridized carbons (Fsp3) is 0.375. The number of furan rings is 1. The van der Waals surface area contributed by atoms with Crippen molar-refractivity contribution < 1.29 is 21.3 Å². The molecule has 0 saturated carbocycles. The smallest absolute Gasteiger partial charge is 0.183 e. The van der Waals surface area contributed by atoms with Crippen molar-refractivity contribution in [2.75, 3.05) is 11.5 Å². The van der Waals surface area contributed by atoms with Gasteiger partial charge in [-0.2, -0.15) is 0 Å². The Hall–Kier alpha value is -1.64. The maximum atomic E-state index is 12.9. The molecular weight excluding hydrogens is 350 g/mol. The van der Waals surface area contributed by atoms with E-state index in [1.165, 1.54) is 18.4 Å². The summed E-state index contributed by atoms with van der Waals surface area (Å²) in [4.78, 5) is 0.153. The van der Waals surface area contributed by atoms with E-state index in [0.29, 0.717) is 5.76 Å². The monoisotopic (exact) mass is 369 g/mol. The summed E-state index contributed by atoms with van der Waals surface area (Å²) < 4.78 is 55.0. The number of aryl methyl sites for hydroxylation is 1. The molecular formula is C16H19NO5S2. The van der Waals surface area contributed by atoms with Gasteiger partial charge < -0.3 is 9.73 Å². The second-order valence-corrected chi connectivity index (χ2v) is 10.4. The van der Waals surface area contributed by atoms with E-state index < -0.39 is 31.0 Å². The molecule has 0 amide bonds. The number of hydrogen-bond donors (Lipinski definition) is 1. The molecule has 3 rings (SSSR count). The van der Waals surface area contributed by atoms with Crippen molar-refractivity contribution in [3.63, 3.8) is 0 Å². The highest BCUT2D eigenvalue weighted by atomic mass is 32.2. The molecule has 1 fully saturated rings. The molecule has 2 atom stereocenters. The van der Waals surface area contributed by atoms with Crippen molar-refractivity contribution in [2.24, 2.45) is 0 Å². The highest BCUT2D eigenvalue weighted by Gasteiger charge is 2.45. The van der Waals surface area contributed by atoms with Gasteiger partial charge in [0.05, 0.1) is 34.5 Å². The van der Waals surface area contributed by atoms with E-state index in [1.807, 2.05) is 6.92 Å². The van der Waals surface area contributed by atoms with Gasteiger partial charge in [0, 0.05) is 6.04 Å². The van der Waals surface area contributed by atoms with E-state index in [4.69, 9.17) is 4.42 Å². The van der Waals surface area contributed by atoms with Crippen molar-refractivity contribution in [1.82, 2.24) is 5.32 Å². The van der Waals surface area contributed by atoms with Gasteiger partial charge in [0.15, 0.2) is 19.7 Å². The summed E-state index contributed by atoms with van der Waals surface area (Å²) in [6, 6.07) is 9.29. The Bertz CT molecular complexity index is 900. The minimum Gasteiger partial charge on any atom is -0.468 e. The van der Waals surface area contributed by atoms with Crippen LogP contribution in [0.15, 0.2) is 52.0 Å². The molecule has 1 aromatic heterocycles. The molecule has 24 heavy (non-hydrogen) atoms. The van der Waals surface area contributed by atoms with Gasteiger partial charge in [-0.15, -0.1) is 0 Å². The summed E-state index contributed by atoms with van der Waals surface area (Å²) in [6.07, 6.45) is 1.52. The van der Waals surface area contributed by atoms with Crippen LogP contribution in [0.4, 0.5) is 0 Å². The van der Waals surface area contributed by atoms with E-state index in [1.54, 1.807) is 24.3 Å². The highest BCUT2D eigenvalue weighted by Crippen LogP contribution is 2.26. The largest absolute Gasteiger partial charge is 0.468 e. The fourth-order valence-corrected chi connectivity index (χ4v) is 7.58. The zero-order chi connectivity index (χ0) is 17.4. The van der Waals surface area contributed by atoms with Crippen LogP contribution in [0.2, 0.25) is 0 Å². The molecule has 1 aliphatic rings. The SMILES string of the molecule is Cc1ccc(S(=O)(=O)[C@H]2CS(=O)(=O)C[C@@H]2NCc2ccco2)cc1. The van der Waals surface area contributed by atoms with Crippen LogP contribution in [0.5, 0.6) is 0 Å². The van der Waals surface area contributed by atoms with Gasteiger partial charge >= 0.3 is 0 Å². The van der Waals surface area contributed by atoms with Crippen molar-refractivity contribution in [1.29, 1.82) is 0 Å². The number of nitrogens with one attached hydrogen (secondary N) is 1. The molecule has 8 heteroatoms. The van der Waals surface area contributed by atoms with Crippen LogP contribution in [0, 0.1) is 6.92 Å². The zero-order valence-corrected chi connectivity index (χ0v) is 14.8. The first-order valence-electron chi connectivity index (χ1n) is 7.55. The Morgan fingerprint density at radius 3 is 2.50 bits per heavy atom. The topological polar surface area (TPSA) is 93.5 Å². The Morgan fingerprint density at radius 1 is 1.17 bits per heavy atom. The Labute approximate surface area is 141 Å². The highest BCUT2D eigenvalue weighted by molar-refractivity contribution is 7.96. The van der Waals surface area contributed by atoms with Crippen LogP contribution in [0.1, 0.15) is 11.3 Å². The summed E-state index contributed by atoms with van der Waals surface area (Å²) in [5.41, 5.74) is 0.945.